The molecule has 0 aliphatic carbocycles. The molecule has 1 aromatic rings. The van der Waals surface area contributed by atoms with Crippen molar-refractivity contribution in [3.05, 3.63) is 24.3 Å². The molecular formula is C16H27N3O2. The van der Waals surface area contributed by atoms with Crippen molar-refractivity contribution in [2.75, 3.05) is 30.7 Å². The molecule has 1 rings (SSSR count). The Balaban J connectivity index is 2.47. The second kappa shape index (κ2) is 9.37. The van der Waals surface area contributed by atoms with Crippen molar-refractivity contribution in [2.24, 2.45) is 0 Å². The summed E-state index contributed by atoms with van der Waals surface area (Å²) < 4.78 is 0. The van der Waals surface area contributed by atoms with Crippen LogP contribution in [0.15, 0.2) is 24.3 Å². The Hall–Kier alpha value is -1.59. The minimum Gasteiger partial charge on any atom is -0.399 e. The van der Waals surface area contributed by atoms with Crippen molar-refractivity contribution >= 4 is 17.3 Å². The molecule has 0 fully saturated rings. The summed E-state index contributed by atoms with van der Waals surface area (Å²) in [4.78, 5) is 14.2. The Bertz CT molecular complexity index is 416. The largest absolute Gasteiger partial charge is 0.399 e. The van der Waals surface area contributed by atoms with Crippen molar-refractivity contribution < 1.29 is 9.90 Å². The van der Waals surface area contributed by atoms with Crippen molar-refractivity contribution in [3.63, 3.8) is 0 Å². The molecule has 0 bridgehead atoms. The van der Waals surface area contributed by atoms with Crippen LogP contribution in [0, 0.1) is 0 Å². The summed E-state index contributed by atoms with van der Waals surface area (Å²) in [7, 11) is 0. The van der Waals surface area contributed by atoms with Gasteiger partial charge in [0.05, 0.1) is 6.61 Å². The SMILES string of the molecule is CCC(CC)N(CCO)CCC(=O)Nc1ccc(N)cc1. The van der Waals surface area contributed by atoms with Crippen molar-refractivity contribution in [2.45, 2.75) is 39.2 Å². The van der Waals surface area contributed by atoms with Crippen LogP contribution in [-0.4, -0.2) is 41.7 Å². The van der Waals surface area contributed by atoms with E-state index in [2.05, 4.69) is 24.1 Å². The van der Waals surface area contributed by atoms with Crippen LogP contribution in [0.4, 0.5) is 11.4 Å². The number of nitrogens with zero attached hydrogens (tertiary/aromatic N) is 1. The zero-order chi connectivity index (χ0) is 15.7. The monoisotopic (exact) mass is 293 g/mol. The van der Waals surface area contributed by atoms with Crippen molar-refractivity contribution in [3.8, 4) is 0 Å². The highest BCUT2D eigenvalue weighted by atomic mass is 16.3. The molecule has 5 nitrogen and oxygen atoms in total. The van der Waals surface area contributed by atoms with Gasteiger partial charge < -0.3 is 16.2 Å². The van der Waals surface area contributed by atoms with Gasteiger partial charge >= 0.3 is 0 Å². The van der Waals surface area contributed by atoms with E-state index in [1.807, 2.05) is 0 Å². The van der Waals surface area contributed by atoms with E-state index in [0.29, 0.717) is 31.2 Å². The average molecular weight is 293 g/mol. The minimum absolute atomic E-state index is 0.0198. The fourth-order valence-corrected chi connectivity index (χ4v) is 2.45. The van der Waals surface area contributed by atoms with E-state index in [1.165, 1.54) is 0 Å². The van der Waals surface area contributed by atoms with Gasteiger partial charge in [0.25, 0.3) is 0 Å². The lowest BCUT2D eigenvalue weighted by atomic mass is 10.1. The fourth-order valence-electron chi connectivity index (χ4n) is 2.45. The minimum atomic E-state index is -0.0198. The number of aliphatic hydroxyl groups is 1. The number of carbonyl (C=O) groups is 1. The number of hydrogen-bond donors (Lipinski definition) is 3. The summed E-state index contributed by atoms with van der Waals surface area (Å²) >= 11 is 0. The van der Waals surface area contributed by atoms with Gasteiger partial charge in [0.2, 0.25) is 5.91 Å². The van der Waals surface area contributed by atoms with E-state index in [1.54, 1.807) is 24.3 Å². The smallest absolute Gasteiger partial charge is 0.225 e. The highest BCUT2D eigenvalue weighted by molar-refractivity contribution is 5.90. The fraction of sp³-hybridized carbons (Fsp3) is 0.562. The maximum absolute atomic E-state index is 12.0. The normalized spacial score (nSPS) is 11.1. The van der Waals surface area contributed by atoms with E-state index < -0.39 is 0 Å². The molecule has 4 N–H and O–H groups in total. The maximum atomic E-state index is 12.0. The van der Waals surface area contributed by atoms with Crippen LogP contribution in [-0.2, 0) is 4.79 Å². The molecule has 0 aromatic heterocycles. The third-order valence-corrected chi connectivity index (χ3v) is 3.67. The average Bonchev–Trinajstić information content (AvgIpc) is 2.48. The molecule has 0 radical (unpaired) electrons. The number of rotatable bonds is 9. The maximum Gasteiger partial charge on any atom is 0.225 e. The summed E-state index contributed by atoms with van der Waals surface area (Å²) in [6.45, 7) is 5.66. The summed E-state index contributed by atoms with van der Waals surface area (Å²) in [5, 5.41) is 12.0. The Morgan fingerprint density at radius 2 is 1.86 bits per heavy atom. The number of aliphatic hydroxyl groups excluding tert-OH is 1. The molecule has 0 heterocycles. The van der Waals surface area contributed by atoms with E-state index in [9.17, 15) is 4.79 Å². The van der Waals surface area contributed by atoms with Gasteiger partial charge in [-0.3, -0.25) is 9.69 Å². The highest BCUT2D eigenvalue weighted by Crippen LogP contribution is 2.12. The first-order valence-electron chi connectivity index (χ1n) is 7.61. The molecule has 0 saturated carbocycles. The van der Waals surface area contributed by atoms with Gasteiger partial charge in [0.15, 0.2) is 0 Å². The molecule has 1 amide bonds. The van der Waals surface area contributed by atoms with Gasteiger partial charge in [0.1, 0.15) is 0 Å². The number of amides is 1. The Morgan fingerprint density at radius 1 is 1.24 bits per heavy atom. The first-order chi connectivity index (χ1) is 10.1. The number of nitrogens with one attached hydrogen (secondary N) is 1. The zero-order valence-corrected chi connectivity index (χ0v) is 13.0. The Morgan fingerprint density at radius 3 is 2.38 bits per heavy atom. The molecule has 0 aliphatic heterocycles. The Kier molecular flexibility index (Phi) is 7.79. The molecule has 0 atom stereocenters. The molecular weight excluding hydrogens is 266 g/mol. The predicted octanol–water partition coefficient (Wildman–Crippen LogP) is 2.08. The number of carbonyl (C=O) groups excluding carboxylic acids is 1. The number of benzene rings is 1. The topological polar surface area (TPSA) is 78.6 Å². The Labute approximate surface area is 127 Å². The lowest BCUT2D eigenvalue weighted by molar-refractivity contribution is -0.116. The molecule has 0 spiro atoms. The number of hydrogen-bond acceptors (Lipinski definition) is 4. The first-order valence-corrected chi connectivity index (χ1v) is 7.61. The second-order valence-electron chi connectivity index (χ2n) is 5.15. The predicted molar refractivity (Wildman–Crippen MR) is 87.1 cm³/mol. The lowest BCUT2D eigenvalue weighted by Gasteiger charge is -2.29. The van der Waals surface area contributed by atoms with Crippen LogP contribution in [0.3, 0.4) is 0 Å². The third kappa shape index (κ3) is 6.14. The van der Waals surface area contributed by atoms with E-state index in [0.717, 1.165) is 18.5 Å². The third-order valence-electron chi connectivity index (χ3n) is 3.67. The van der Waals surface area contributed by atoms with Gasteiger partial charge in [-0.15, -0.1) is 0 Å². The highest BCUT2D eigenvalue weighted by Gasteiger charge is 2.15. The molecule has 5 heteroatoms. The number of nitrogens with two attached hydrogens (primary N) is 1. The molecule has 1 aromatic carbocycles. The van der Waals surface area contributed by atoms with Gasteiger partial charge in [-0.05, 0) is 37.1 Å². The van der Waals surface area contributed by atoms with E-state index in [4.69, 9.17) is 10.8 Å². The molecule has 21 heavy (non-hydrogen) atoms. The van der Waals surface area contributed by atoms with Gasteiger partial charge in [-0.2, -0.15) is 0 Å². The summed E-state index contributed by atoms with van der Waals surface area (Å²) in [5.41, 5.74) is 7.04. The summed E-state index contributed by atoms with van der Waals surface area (Å²) in [6, 6.07) is 7.52. The van der Waals surface area contributed by atoms with Crippen LogP contribution in [0.1, 0.15) is 33.1 Å². The molecule has 0 aliphatic rings. The molecule has 118 valence electrons. The number of nitrogen functional groups attached to an aromatic ring is 1. The van der Waals surface area contributed by atoms with Gasteiger partial charge in [-0.25, -0.2) is 0 Å². The lowest BCUT2D eigenvalue weighted by Crippen LogP contribution is -2.38. The van der Waals surface area contributed by atoms with Gasteiger partial charge in [-0.1, -0.05) is 13.8 Å². The van der Waals surface area contributed by atoms with Gasteiger partial charge in [0, 0.05) is 36.9 Å². The summed E-state index contributed by atoms with van der Waals surface area (Å²) in [6.07, 6.45) is 2.47. The van der Waals surface area contributed by atoms with Crippen LogP contribution in [0.2, 0.25) is 0 Å². The zero-order valence-electron chi connectivity index (χ0n) is 13.0. The van der Waals surface area contributed by atoms with Crippen LogP contribution >= 0.6 is 0 Å². The van der Waals surface area contributed by atoms with Crippen molar-refractivity contribution in [1.82, 2.24) is 4.90 Å². The number of anilines is 2. The quantitative estimate of drug-likeness (QED) is 0.609. The van der Waals surface area contributed by atoms with E-state index in [-0.39, 0.29) is 12.5 Å². The van der Waals surface area contributed by atoms with Crippen molar-refractivity contribution in [1.29, 1.82) is 0 Å². The first kappa shape index (κ1) is 17.5. The van der Waals surface area contributed by atoms with Crippen LogP contribution < -0.4 is 11.1 Å². The summed E-state index contributed by atoms with van der Waals surface area (Å²) in [5.74, 6) is -0.0198. The van der Waals surface area contributed by atoms with E-state index >= 15 is 0 Å². The molecule has 0 unspecified atom stereocenters. The van der Waals surface area contributed by atoms with Crippen LogP contribution in [0.5, 0.6) is 0 Å². The standard InChI is InChI=1S/C16H27N3O2/c1-3-15(4-2)19(11-12-20)10-9-16(21)18-14-7-5-13(17)6-8-14/h5-8,15,20H,3-4,9-12,17H2,1-2H3,(H,18,21). The molecule has 0 saturated heterocycles. The van der Waals surface area contributed by atoms with Crippen LogP contribution in [0.25, 0.3) is 0 Å². The second-order valence-corrected chi connectivity index (χ2v) is 5.15.